The van der Waals surface area contributed by atoms with Crippen LogP contribution in [0.5, 0.6) is 0 Å². The molecule has 0 saturated heterocycles. The van der Waals surface area contributed by atoms with Gasteiger partial charge in [-0.05, 0) is 31.9 Å². The Labute approximate surface area is 121 Å². The van der Waals surface area contributed by atoms with Gasteiger partial charge in [0.1, 0.15) is 0 Å². The molecule has 1 atom stereocenters. The Balaban J connectivity index is 2.24. The molecule has 1 aromatic carbocycles. The molecule has 0 amide bonds. The molecule has 4 heteroatoms. The van der Waals surface area contributed by atoms with Gasteiger partial charge >= 0.3 is 0 Å². The summed E-state index contributed by atoms with van der Waals surface area (Å²) in [7, 11) is 0. The molecule has 0 spiro atoms. The fraction of sp³-hybridized carbons (Fsp3) is 0.438. The van der Waals surface area contributed by atoms with E-state index in [0.29, 0.717) is 0 Å². The molecule has 4 nitrogen and oxygen atoms in total. The largest absolute Gasteiger partial charge is 0.271 e. The molecule has 2 aromatic rings. The second-order valence-electron chi connectivity index (χ2n) is 5.13. The molecule has 0 saturated carbocycles. The van der Waals surface area contributed by atoms with Crippen molar-refractivity contribution in [1.29, 1.82) is 0 Å². The van der Waals surface area contributed by atoms with Crippen LogP contribution < -0.4 is 11.3 Å². The highest BCUT2D eigenvalue weighted by Crippen LogP contribution is 2.19. The molecule has 20 heavy (non-hydrogen) atoms. The Morgan fingerprint density at radius 2 is 2.10 bits per heavy atom. The van der Waals surface area contributed by atoms with Crippen LogP contribution >= 0.6 is 0 Å². The Bertz CT molecular complexity index is 559. The number of aromatic nitrogens is 2. The SMILES string of the molecule is CCc1cc(CC(NN)c2cccc(C)c2)n(CC)n1. The maximum atomic E-state index is 5.75. The number of nitrogens with two attached hydrogens (primary N) is 1. The first-order chi connectivity index (χ1) is 9.67. The van der Waals surface area contributed by atoms with Crippen LogP contribution in [-0.4, -0.2) is 9.78 Å². The molecule has 108 valence electrons. The highest BCUT2D eigenvalue weighted by atomic mass is 15.3. The molecule has 0 radical (unpaired) electrons. The molecule has 0 aliphatic rings. The van der Waals surface area contributed by atoms with E-state index in [1.165, 1.54) is 16.8 Å². The molecular weight excluding hydrogens is 248 g/mol. The summed E-state index contributed by atoms with van der Waals surface area (Å²) in [5.41, 5.74) is 7.77. The van der Waals surface area contributed by atoms with E-state index >= 15 is 0 Å². The average molecular weight is 272 g/mol. The van der Waals surface area contributed by atoms with E-state index in [9.17, 15) is 0 Å². The zero-order valence-corrected chi connectivity index (χ0v) is 12.6. The summed E-state index contributed by atoms with van der Waals surface area (Å²) in [6, 6.07) is 10.8. The topological polar surface area (TPSA) is 55.9 Å². The van der Waals surface area contributed by atoms with E-state index < -0.39 is 0 Å². The maximum absolute atomic E-state index is 5.75. The molecule has 0 fully saturated rings. The molecular formula is C16H24N4. The van der Waals surface area contributed by atoms with Crippen molar-refractivity contribution in [3.05, 3.63) is 52.8 Å². The molecule has 1 heterocycles. The highest BCUT2D eigenvalue weighted by Gasteiger charge is 2.14. The lowest BCUT2D eigenvalue weighted by Crippen LogP contribution is -2.30. The third kappa shape index (κ3) is 3.26. The van der Waals surface area contributed by atoms with Gasteiger partial charge in [0, 0.05) is 18.7 Å². The van der Waals surface area contributed by atoms with Gasteiger partial charge in [-0.1, -0.05) is 36.8 Å². The lowest BCUT2D eigenvalue weighted by Gasteiger charge is -2.17. The van der Waals surface area contributed by atoms with Gasteiger partial charge in [-0.25, -0.2) is 0 Å². The first kappa shape index (κ1) is 14.8. The van der Waals surface area contributed by atoms with Crippen molar-refractivity contribution in [2.24, 2.45) is 5.84 Å². The summed E-state index contributed by atoms with van der Waals surface area (Å²) >= 11 is 0. The normalized spacial score (nSPS) is 12.6. The van der Waals surface area contributed by atoms with Crippen molar-refractivity contribution >= 4 is 0 Å². The van der Waals surface area contributed by atoms with Crippen LogP contribution in [0, 0.1) is 6.92 Å². The second kappa shape index (κ2) is 6.68. The van der Waals surface area contributed by atoms with E-state index in [1.807, 2.05) is 0 Å². The van der Waals surface area contributed by atoms with Crippen LogP contribution in [0.1, 0.15) is 42.4 Å². The standard InChI is InChI=1S/C16H24N4/c1-4-14-10-15(20(5-2)19-14)11-16(18-17)13-8-6-7-12(3)9-13/h6-10,16,18H,4-5,11,17H2,1-3H3. The second-order valence-corrected chi connectivity index (χ2v) is 5.13. The van der Waals surface area contributed by atoms with Crippen LogP contribution in [0.2, 0.25) is 0 Å². The van der Waals surface area contributed by atoms with Gasteiger partial charge in [-0.2, -0.15) is 5.10 Å². The van der Waals surface area contributed by atoms with Crippen molar-refractivity contribution in [2.75, 3.05) is 0 Å². The summed E-state index contributed by atoms with van der Waals surface area (Å²) in [4.78, 5) is 0. The molecule has 1 aromatic heterocycles. The van der Waals surface area contributed by atoms with Gasteiger partial charge in [0.25, 0.3) is 0 Å². The Hall–Kier alpha value is -1.65. The number of hydrazine groups is 1. The molecule has 3 N–H and O–H groups in total. The van der Waals surface area contributed by atoms with Crippen molar-refractivity contribution in [3.8, 4) is 0 Å². The van der Waals surface area contributed by atoms with Gasteiger partial charge in [-0.15, -0.1) is 0 Å². The smallest absolute Gasteiger partial charge is 0.0624 e. The quantitative estimate of drug-likeness (QED) is 0.627. The molecule has 0 bridgehead atoms. The zero-order valence-electron chi connectivity index (χ0n) is 12.6. The van der Waals surface area contributed by atoms with Crippen LogP contribution in [0.25, 0.3) is 0 Å². The van der Waals surface area contributed by atoms with Crippen molar-refractivity contribution in [3.63, 3.8) is 0 Å². The number of aryl methyl sites for hydroxylation is 3. The average Bonchev–Trinajstić information content (AvgIpc) is 2.87. The number of benzene rings is 1. The fourth-order valence-electron chi connectivity index (χ4n) is 2.49. The Morgan fingerprint density at radius 3 is 2.70 bits per heavy atom. The van der Waals surface area contributed by atoms with Crippen molar-refractivity contribution in [2.45, 2.75) is 46.2 Å². The Morgan fingerprint density at radius 1 is 1.30 bits per heavy atom. The number of nitrogens with one attached hydrogen (secondary N) is 1. The predicted octanol–water partition coefficient (Wildman–Crippen LogP) is 2.52. The number of hydrogen-bond donors (Lipinski definition) is 2. The monoisotopic (exact) mass is 272 g/mol. The van der Waals surface area contributed by atoms with Gasteiger partial charge in [0.2, 0.25) is 0 Å². The number of rotatable bonds is 6. The van der Waals surface area contributed by atoms with Gasteiger partial charge < -0.3 is 0 Å². The third-order valence-corrected chi connectivity index (χ3v) is 3.63. The van der Waals surface area contributed by atoms with E-state index in [-0.39, 0.29) is 6.04 Å². The minimum Gasteiger partial charge on any atom is -0.271 e. The Kier molecular flexibility index (Phi) is 4.93. The summed E-state index contributed by atoms with van der Waals surface area (Å²) < 4.78 is 2.07. The van der Waals surface area contributed by atoms with Crippen molar-refractivity contribution in [1.82, 2.24) is 15.2 Å². The van der Waals surface area contributed by atoms with Crippen LogP contribution in [0.15, 0.2) is 30.3 Å². The molecule has 0 aliphatic carbocycles. The molecule has 0 aliphatic heterocycles. The predicted molar refractivity (Wildman–Crippen MR) is 82.2 cm³/mol. The maximum Gasteiger partial charge on any atom is 0.0624 e. The van der Waals surface area contributed by atoms with E-state index in [4.69, 9.17) is 5.84 Å². The minimum absolute atomic E-state index is 0.113. The van der Waals surface area contributed by atoms with Gasteiger partial charge in [0.15, 0.2) is 0 Å². The lowest BCUT2D eigenvalue weighted by atomic mass is 10.0. The molecule has 2 rings (SSSR count). The third-order valence-electron chi connectivity index (χ3n) is 3.63. The van der Waals surface area contributed by atoms with Crippen LogP contribution in [-0.2, 0) is 19.4 Å². The number of hydrogen-bond acceptors (Lipinski definition) is 3. The highest BCUT2D eigenvalue weighted by molar-refractivity contribution is 5.26. The van der Waals surface area contributed by atoms with Gasteiger partial charge in [0.05, 0.1) is 11.7 Å². The summed E-state index contributed by atoms with van der Waals surface area (Å²) in [5.74, 6) is 5.75. The summed E-state index contributed by atoms with van der Waals surface area (Å²) in [6.07, 6.45) is 1.81. The van der Waals surface area contributed by atoms with Gasteiger partial charge in [-0.3, -0.25) is 16.0 Å². The number of nitrogens with zero attached hydrogens (tertiary/aromatic N) is 2. The summed E-state index contributed by atoms with van der Waals surface area (Å²) in [6.45, 7) is 7.24. The first-order valence-corrected chi connectivity index (χ1v) is 7.26. The fourth-order valence-corrected chi connectivity index (χ4v) is 2.49. The summed E-state index contributed by atoms with van der Waals surface area (Å²) in [5, 5.41) is 4.59. The zero-order chi connectivity index (χ0) is 14.5. The van der Waals surface area contributed by atoms with Crippen LogP contribution in [0.3, 0.4) is 0 Å². The molecule has 1 unspecified atom stereocenters. The van der Waals surface area contributed by atoms with E-state index in [1.54, 1.807) is 0 Å². The van der Waals surface area contributed by atoms with E-state index in [2.05, 4.69) is 66.3 Å². The van der Waals surface area contributed by atoms with Crippen LogP contribution in [0.4, 0.5) is 0 Å². The van der Waals surface area contributed by atoms with Crippen molar-refractivity contribution < 1.29 is 0 Å². The minimum atomic E-state index is 0.113. The lowest BCUT2D eigenvalue weighted by molar-refractivity contribution is 0.516. The first-order valence-electron chi connectivity index (χ1n) is 7.26. The van der Waals surface area contributed by atoms with E-state index in [0.717, 1.165) is 25.1 Å².